The number of esters is 2. The zero-order chi connectivity index (χ0) is 91.0. The third kappa shape index (κ3) is 28.3. The summed E-state index contributed by atoms with van der Waals surface area (Å²) in [6, 6.07) is 49.6. The van der Waals surface area contributed by atoms with Crippen molar-refractivity contribution in [1.29, 1.82) is 0 Å². The molecular weight excluding hydrogens is 1660 g/mol. The Labute approximate surface area is 708 Å². The first kappa shape index (κ1) is 94.9. The van der Waals surface area contributed by atoms with Crippen LogP contribution in [0.2, 0.25) is 0 Å². The zero-order valence-electron chi connectivity index (χ0n) is 68.2. The molecule has 0 radical (unpaired) electrons. The van der Waals surface area contributed by atoms with Gasteiger partial charge in [-0.3, -0.25) is 24.7 Å². The van der Waals surface area contributed by atoms with Crippen molar-refractivity contribution < 1.29 is 94.0 Å². The number of alkyl halides is 15. The van der Waals surface area contributed by atoms with Crippen LogP contribution in [0.5, 0.6) is 5.75 Å². The minimum Gasteiger partial charge on any atom is -0.497 e. The lowest BCUT2D eigenvalue weighted by Gasteiger charge is -2.18. The Morgan fingerprint density at radius 2 is 0.736 bits per heavy atom. The van der Waals surface area contributed by atoms with E-state index in [0.29, 0.717) is 40.0 Å². The summed E-state index contributed by atoms with van der Waals surface area (Å²) >= 11 is 0. The Morgan fingerprint density at radius 3 is 1.14 bits per heavy atom. The third-order valence-electron chi connectivity index (χ3n) is 18.0. The van der Waals surface area contributed by atoms with Crippen LogP contribution in [0.3, 0.4) is 0 Å². The van der Waals surface area contributed by atoms with Gasteiger partial charge in [-0.1, -0.05) is 90.5 Å². The number of anilines is 4. The number of aryl methyl sites for hydroxylation is 7. The molecule has 13 aromatic rings. The summed E-state index contributed by atoms with van der Waals surface area (Å²) in [6.45, 7) is 10.7. The smallest absolute Gasteiger partial charge is 0.435 e. The van der Waals surface area contributed by atoms with Gasteiger partial charge in [0.1, 0.15) is 29.8 Å². The van der Waals surface area contributed by atoms with Crippen molar-refractivity contribution in [3.63, 3.8) is 0 Å². The Hall–Kier alpha value is -14.0. The van der Waals surface area contributed by atoms with E-state index in [0.717, 1.165) is 64.8 Å². The molecular formula is C91H81F16N13O5. The van der Waals surface area contributed by atoms with Gasteiger partial charge in [-0.15, -0.1) is 0 Å². The second kappa shape index (κ2) is 42.7. The summed E-state index contributed by atoms with van der Waals surface area (Å²) < 4.78 is 228. The molecule has 0 aliphatic carbocycles. The summed E-state index contributed by atoms with van der Waals surface area (Å²) in [5.74, 6) is -1.23. The normalized spacial score (nSPS) is 11.6. The summed E-state index contributed by atoms with van der Waals surface area (Å²) in [4.78, 5) is 57.3. The summed E-state index contributed by atoms with van der Waals surface area (Å²) in [7, 11) is 3.86. The van der Waals surface area contributed by atoms with Crippen LogP contribution in [0, 0.1) is 40.4 Å². The number of ether oxygens (including phenoxy) is 3. The molecule has 34 heteroatoms. The molecule has 9 heterocycles. The molecule has 0 saturated carbocycles. The lowest BCUT2D eigenvalue weighted by atomic mass is 10.0. The average molecular weight is 1740 g/mol. The molecule has 0 aliphatic rings. The van der Waals surface area contributed by atoms with Gasteiger partial charge in [-0.2, -0.15) is 65.9 Å². The maximum Gasteiger partial charge on any atom is 0.435 e. The fourth-order valence-corrected chi connectivity index (χ4v) is 11.9. The first-order valence-electron chi connectivity index (χ1n) is 37.9. The minimum atomic E-state index is -4.68. The first-order chi connectivity index (χ1) is 59.1. The molecule has 1 atom stereocenters. The van der Waals surface area contributed by atoms with Gasteiger partial charge in [-0.05, 0) is 202 Å². The predicted octanol–water partition coefficient (Wildman–Crippen LogP) is 22.7. The highest BCUT2D eigenvalue weighted by atomic mass is 19.4. The van der Waals surface area contributed by atoms with E-state index in [1.54, 1.807) is 93.2 Å². The van der Waals surface area contributed by atoms with Crippen molar-refractivity contribution in [2.75, 3.05) is 49.1 Å². The monoisotopic (exact) mass is 1740 g/mol. The number of benzene rings is 4. The van der Waals surface area contributed by atoms with Crippen LogP contribution in [0.15, 0.2) is 238 Å². The molecule has 652 valence electrons. The largest absolute Gasteiger partial charge is 0.497 e. The van der Waals surface area contributed by atoms with Crippen molar-refractivity contribution in [3.8, 4) is 62.0 Å². The maximum absolute atomic E-state index is 13.5. The van der Waals surface area contributed by atoms with Crippen LogP contribution < -0.4 is 26.0 Å². The molecule has 0 spiro atoms. The van der Waals surface area contributed by atoms with Crippen molar-refractivity contribution in [3.05, 3.63) is 322 Å². The molecule has 18 nitrogen and oxygen atoms in total. The number of nitrogens with zero attached hydrogens (tertiary/aromatic N) is 9. The molecule has 0 bridgehead atoms. The number of carbonyl (C=O) groups excluding carboxylic acids is 2. The quantitative estimate of drug-likeness (QED) is 0.0387. The topological polar surface area (TPSA) is 226 Å². The lowest BCUT2D eigenvalue weighted by molar-refractivity contribution is -0.142. The Balaban J connectivity index is 0.000000177. The SMILES string of the molecule is COC(=O)C(C)Nc1ccc(-c2cncc(C)c2)nc1C(F)(F)F.COC(=O)CNc1ccc(-c2cncc(C)c2)nc1C(F)(F)F.COc1cccc(CNc2ccc(-c3cncc(C)c3)nc2C(F)(F)F)c1.Cc1ccc(CCc2ccc(-c3cncc(C)c3)nc2C(F)(F)F)cc1.Fc1cccc(-c2ccc(NCc3ccccc3)c(C(F)(F)F)n2)c1. The molecule has 125 heavy (non-hydrogen) atoms. The molecule has 0 saturated heterocycles. The van der Waals surface area contributed by atoms with E-state index in [4.69, 9.17) is 4.74 Å². The molecule has 9 aromatic heterocycles. The third-order valence-corrected chi connectivity index (χ3v) is 18.0. The number of nitrogens with one attached hydrogen (secondary N) is 4. The van der Waals surface area contributed by atoms with Gasteiger partial charge in [0.25, 0.3) is 0 Å². The number of rotatable bonds is 21. The summed E-state index contributed by atoms with van der Waals surface area (Å²) in [5, 5.41) is 10.5. The van der Waals surface area contributed by atoms with E-state index < -0.39 is 83.1 Å². The fourth-order valence-electron chi connectivity index (χ4n) is 11.9. The highest BCUT2D eigenvalue weighted by Gasteiger charge is 2.41. The standard InChI is InChI=1S/C21H19F3N2.C20H18F3N3O.C19H14F4N2.C16H16F3N3O2.C15H14F3N3O2/c1-14-3-5-16(6-4-14)7-8-17-9-10-19(26-20(17)21(22,23)24)18-11-15(2)12-25-13-18;1-13-8-15(12-24-10-13)17-6-7-18(19(26-17)20(21,22)23)25-11-14-4-3-5-16(9-14)27-2;20-15-8-4-7-14(11-15)16-9-10-17(18(25-16)19(21,22)23)24-12-13-5-2-1-3-6-13;1-9-6-11(8-20-7-9)12-4-5-13(14(22-12)16(17,18)19)21-10(2)15(23)24-3;1-9-5-10(7-19-6-9)11-3-4-12(20-8-13(22)23-2)14(21-11)15(16,17)18/h3-6,9-13H,7-8H2,1-2H3;3-10,12,25H,11H2,1-2H3;1-11,24H,12H2;4-8,10,21H,1-3H3;3-7,20H,8H2,1-2H3. The number of halogens is 16. The van der Waals surface area contributed by atoms with Gasteiger partial charge >= 0.3 is 42.8 Å². The van der Waals surface area contributed by atoms with E-state index in [2.05, 4.69) is 75.6 Å². The summed E-state index contributed by atoms with van der Waals surface area (Å²) in [5.41, 5.74) is 4.85. The number of aromatic nitrogens is 9. The maximum atomic E-state index is 13.5. The average Bonchev–Trinajstić information content (AvgIpc) is 0.817. The molecule has 4 N–H and O–H groups in total. The van der Waals surface area contributed by atoms with E-state index in [-0.39, 0.29) is 82.8 Å². The van der Waals surface area contributed by atoms with Crippen molar-refractivity contribution in [1.82, 2.24) is 44.9 Å². The second-order valence-electron chi connectivity index (χ2n) is 27.9. The van der Waals surface area contributed by atoms with Crippen molar-refractivity contribution >= 4 is 34.7 Å². The molecule has 4 aromatic carbocycles. The van der Waals surface area contributed by atoms with Crippen LogP contribution >= 0.6 is 0 Å². The molecule has 0 fully saturated rings. The Bertz CT molecular complexity index is 5800. The second-order valence-corrected chi connectivity index (χ2v) is 27.9. The number of hydrogen-bond donors (Lipinski definition) is 4. The van der Waals surface area contributed by atoms with Crippen LogP contribution in [-0.2, 0) is 75.9 Å². The Kier molecular flexibility index (Phi) is 32.4. The van der Waals surface area contributed by atoms with Crippen molar-refractivity contribution in [2.45, 2.75) is 104 Å². The fraction of sp³-hybridized carbons (Fsp3) is 0.220. The van der Waals surface area contributed by atoms with Crippen LogP contribution in [0.4, 0.5) is 93.0 Å². The number of carbonyl (C=O) groups is 2. The zero-order valence-corrected chi connectivity index (χ0v) is 68.2. The van der Waals surface area contributed by atoms with E-state index in [1.807, 2.05) is 81.4 Å². The van der Waals surface area contributed by atoms with E-state index in [9.17, 15) is 79.8 Å². The van der Waals surface area contributed by atoms with E-state index in [1.165, 1.54) is 106 Å². The summed E-state index contributed by atoms with van der Waals surface area (Å²) in [6.07, 6.45) is -9.80. The highest BCUT2D eigenvalue weighted by Crippen LogP contribution is 2.41. The molecule has 0 aliphatic heterocycles. The van der Waals surface area contributed by atoms with Gasteiger partial charge in [-0.25, -0.2) is 34.1 Å². The molecule has 0 amide bonds. The van der Waals surface area contributed by atoms with Gasteiger partial charge in [0.2, 0.25) is 0 Å². The van der Waals surface area contributed by atoms with Gasteiger partial charge < -0.3 is 35.5 Å². The number of pyridine rings is 9. The van der Waals surface area contributed by atoms with Crippen LogP contribution in [0.1, 0.15) is 85.5 Å². The van der Waals surface area contributed by atoms with Gasteiger partial charge in [0, 0.05) is 90.5 Å². The predicted molar refractivity (Wildman–Crippen MR) is 442 cm³/mol. The lowest BCUT2D eigenvalue weighted by Crippen LogP contribution is -2.28. The van der Waals surface area contributed by atoms with Crippen LogP contribution in [0.25, 0.3) is 56.3 Å². The Morgan fingerprint density at radius 1 is 0.352 bits per heavy atom. The molecule has 1 unspecified atom stereocenters. The van der Waals surface area contributed by atoms with Gasteiger partial charge in [0.15, 0.2) is 22.8 Å². The molecule has 13 rings (SSSR count). The van der Waals surface area contributed by atoms with Gasteiger partial charge in [0.05, 0.1) is 72.5 Å². The number of methoxy groups -OCH3 is 3. The van der Waals surface area contributed by atoms with Crippen LogP contribution in [-0.4, -0.2) is 90.7 Å². The van der Waals surface area contributed by atoms with Crippen molar-refractivity contribution in [2.24, 2.45) is 0 Å². The number of hydrogen-bond acceptors (Lipinski definition) is 18. The first-order valence-corrected chi connectivity index (χ1v) is 37.9. The minimum absolute atomic E-state index is 0.0667. The van der Waals surface area contributed by atoms with E-state index >= 15 is 0 Å². The highest BCUT2D eigenvalue weighted by molar-refractivity contribution is 5.79.